The minimum absolute atomic E-state index is 0.0503. The molecule has 4 rings (SSSR count). The third-order valence-corrected chi connectivity index (χ3v) is 6.95. The number of hydrogen-bond acceptors (Lipinski definition) is 4. The molecule has 32 heavy (non-hydrogen) atoms. The maximum absolute atomic E-state index is 12.9. The fourth-order valence-corrected chi connectivity index (χ4v) is 5.04. The largest absolute Gasteiger partial charge is 0.348 e. The number of anilines is 1. The minimum atomic E-state index is -0.0996. The summed E-state index contributed by atoms with van der Waals surface area (Å²) in [7, 11) is 0. The first-order chi connectivity index (χ1) is 15.4. The Morgan fingerprint density at radius 3 is 2.44 bits per heavy atom. The van der Waals surface area contributed by atoms with Crippen molar-refractivity contribution in [1.29, 1.82) is 0 Å². The second-order valence-corrected chi connectivity index (χ2v) is 9.28. The molecular weight excluding hydrogens is 420 g/mol. The number of aryl methyl sites for hydroxylation is 3. The van der Waals surface area contributed by atoms with Gasteiger partial charge in [0.1, 0.15) is 9.88 Å². The molecule has 0 unspecified atom stereocenters. The molecule has 0 bridgehead atoms. The molecule has 1 fully saturated rings. The average Bonchev–Trinajstić information content (AvgIpc) is 3.16. The molecule has 2 heterocycles. The van der Waals surface area contributed by atoms with E-state index in [1.807, 2.05) is 37.3 Å². The molecule has 7 heteroatoms. The number of para-hydroxylation sites is 1. The zero-order valence-corrected chi connectivity index (χ0v) is 19.5. The van der Waals surface area contributed by atoms with Gasteiger partial charge in [0.25, 0.3) is 5.91 Å². The van der Waals surface area contributed by atoms with Gasteiger partial charge in [-0.2, -0.15) is 0 Å². The van der Waals surface area contributed by atoms with Crippen LogP contribution in [0.5, 0.6) is 0 Å². The first-order valence-corrected chi connectivity index (χ1v) is 11.7. The Morgan fingerprint density at radius 2 is 1.75 bits per heavy atom. The fourth-order valence-electron chi connectivity index (χ4n) is 3.98. The van der Waals surface area contributed by atoms with Crippen LogP contribution < -0.4 is 10.6 Å². The van der Waals surface area contributed by atoms with Crippen LogP contribution in [0.1, 0.15) is 39.3 Å². The molecule has 1 aliphatic rings. The van der Waals surface area contributed by atoms with E-state index in [1.165, 1.54) is 16.9 Å². The van der Waals surface area contributed by atoms with Crippen LogP contribution >= 0.6 is 11.3 Å². The lowest BCUT2D eigenvalue weighted by molar-refractivity contribution is 0.0922. The van der Waals surface area contributed by atoms with Crippen molar-refractivity contribution in [2.45, 2.75) is 39.7 Å². The lowest BCUT2D eigenvalue weighted by atomic mass is 10.1. The van der Waals surface area contributed by atoms with Gasteiger partial charge in [-0.1, -0.05) is 42.0 Å². The van der Waals surface area contributed by atoms with Gasteiger partial charge in [-0.25, -0.2) is 9.78 Å². The molecule has 166 valence electrons. The van der Waals surface area contributed by atoms with E-state index in [1.54, 1.807) is 4.90 Å². The number of nitrogens with one attached hydrogen (secondary N) is 2. The average molecular weight is 449 g/mol. The number of carbonyl (C=O) groups is 2. The number of urea groups is 1. The van der Waals surface area contributed by atoms with Crippen molar-refractivity contribution in [3.05, 3.63) is 70.2 Å². The lowest BCUT2D eigenvalue weighted by Crippen LogP contribution is -2.47. The molecule has 0 atom stereocenters. The van der Waals surface area contributed by atoms with E-state index >= 15 is 0 Å². The highest BCUT2D eigenvalue weighted by atomic mass is 32.1. The molecule has 1 aromatic heterocycles. The van der Waals surface area contributed by atoms with E-state index in [4.69, 9.17) is 0 Å². The SMILES string of the molecule is Cc1ccc(-c2nc(C)c(C(=O)NC3CCN(C(=O)Nc4ccccc4)CC3)s2)c(C)c1. The molecule has 1 aliphatic heterocycles. The summed E-state index contributed by atoms with van der Waals surface area (Å²) < 4.78 is 0. The highest BCUT2D eigenvalue weighted by Crippen LogP contribution is 2.31. The highest BCUT2D eigenvalue weighted by molar-refractivity contribution is 7.17. The Kier molecular flexibility index (Phi) is 6.55. The molecule has 3 amide bonds. The van der Waals surface area contributed by atoms with E-state index in [0.717, 1.165) is 40.4 Å². The van der Waals surface area contributed by atoms with Gasteiger partial charge in [-0.3, -0.25) is 4.79 Å². The van der Waals surface area contributed by atoms with Crippen molar-refractivity contribution in [2.24, 2.45) is 0 Å². The number of hydrogen-bond donors (Lipinski definition) is 2. The summed E-state index contributed by atoms with van der Waals surface area (Å²) in [6.07, 6.45) is 1.46. The van der Waals surface area contributed by atoms with E-state index in [9.17, 15) is 9.59 Å². The predicted octanol–water partition coefficient (Wildman–Crippen LogP) is 5.16. The fraction of sp³-hybridized carbons (Fsp3) is 0.320. The van der Waals surface area contributed by atoms with Gasteiger partial charge >= 0.3 is 6.03 Å². The molecule has 0 saturated carbocycles. The molecule has 2 aromatic carbocycles. The molecule has 3 aromatic rings. The van der Waals surface area contributed by atoms with Crippen LogP contribution in [0.15, 0.2) is 48.5 Å². The zero-order chi connectivity index (χ0) is 22.7. The summed E-state index contributed by atoms with van der Waals surface area (Å²) in [6.45, 7) is 7.24. The summed E-state index contributed by atoms with van der Waals surface area (Å²) >= 11 is 1.44. The normalized spacial score (nSPS) is 14.3. The first-order valence-electron chi connectivity index (χ1n) is 10.9. The summed E-state index contributed by atoms with van der Waals surface area (Å²) in [5, 5.41) is 6.94. The van der Waals surface area contributed by atoms with Crippen molar-refractivity contribution in [2.75, 3.05) is 18.4 Å². The Hall–Kier alpha value is -3.19. The number of piperidine rings is 1. The number of nitrogens with zero attached hydrogens (tertiary/aromatic N) is 2. The summed E-state index contributed by atoms with van der Waals surface area (Å²) in [6, 6.07) is 15.7. The monoisotopic (exact) mass is 448 g/mol. The molecule has 0 spiro atoms. The molecule has 1 saturated heterocycles. The van der Waals surface area contributed by atoms with Crippen molar-refractivity contribution < 1.29 is 9.59 Å². The minimum Gasteiger partial charge on any atom is -0.348 e. The third kappa shape index (κ3) is 4.99. The number of thiazole rings is 1. The highest BCUT2D eigenvalue weighted by Gasteiger charge is 2.26. The van der Waals surface area contributed by atoms with Gasteiger partial charge in [0.05, 0.1) is 5.69 Å². The molecule has 6 nitrogen and oxygen atoms in total. The van der Waals surface area contributed by atoms with Gasteiger partial charge in [-0.15, -0.1) is 11.3 Å². The molecular formula is C25H28N4O2S. The zero-order valence-electron chi connectivity index (χ0n) is 18.6. The van der Waals surface area contributed by atoms with Crippen LogP contribution in [-0.4, -0.2) is 41.0 Å². The Bertz CT molecular complexity index is 1120. The van der Waals surface area contributed by atoms with Crippen molar-refractivity contribution in [3.63, 3.8) is 0 Å². The smallest absolute Gasteiger partial charge is 0.321 e. The van der Waals surface area contributed by atoms with Gasteiger partial charge < -0.3 is 15.5 Å². The first kappa shape index (κ1) is 22.0. The summed E-state index contributed by atoms with van der Waals surface area (Å²) in [5.41, 5.74) is 4.98. The van der Waals surface area contributed by atoms with Crippen LogP contribution in [0.3, 0.4) is 0 Å². The Morgan fingerprint density at radius 1 is 1.03 bits per heavy atom. The van der Waals surface area contributed by atoms with Crippen LogP contribution in [0.2, 0.25) is 0 Å². The summed E-state index contributed by atoms with van der Waals surface area (Å²) in [4.78, 5) is 32.5. The molecule has 0 radical (unpaired) electrons. The van der Waals surface area contributed by atoms with Crippen molar-refractivity contribution in [3.8, 4) is 10.6 Å². The second kappa shape index (κ2) is 9.53. The van der Waals surface area contributed by atoms with Gasteiger partial charge in [0.15, 0.2) is 0 Å². The standard InChI is InChI=1S/C25H28N4O2S/c1-16-9-10-21(17(2)15-16)24-26-18(3)22(32-24)23(30)27-20-11-13-29(14-12-20)25(31)28-19-7-5-4-6-8-19/h4-10,15,20H,11-14H2,1-3H3,(H,27,30)(H,28,31). The van der Waals surface area contributed by atoms with Crippen LogP contribution in [0.4, 0.5) is 10.5 Å². The Balaban J connectivity index is 1.34. The van der Waals surface area contributed by atoms with Crippen molar-refractivity contribution in [1.82, 2.24) is 15.2 Å². The van der Waals surface area contributed by atoms with Gasteiger partial charge in [0.2, 0.25) is 0 Å². The van der Waals surface area contributed by atoms with Gasteiger partial charge in [-0.05, 0) is 51.3 Å². The molecule has 0 aliphatic carbocycles. The second-order valence-electron chi connectivity index (χ2n) is 8.28. The topological polar surface area (TPSA) is 74.3 Å². The number of benzene rings is 2. The van der Waals surface area contributed by atoms with E-state index < -0.39 is 0 Å². The maximum atomic E-state index is 12.9. The lowest BCUT2D eigenvalue weighted by Gasteiger charge is -2.32. The third-order valence-electron chi connectivity index (χ3n) is 5.76. The Labute approximate surface area is 192 Å². The number of amides is 3. The van der Waals surface area contributed by atoms with E-state index in [0.29, 0.717) is 18.0 Å². The maximum Gasteiger partial charge on any atom is 0.321 e. The van der Waals surface area contributed by atoms with Crippen LogP contribution in [-0.2, 0) is 0 Å². The van der Waals surface area contributed by atoms with Crippen LogP contribution in [0, 0.1) is 20.8 Å². The number of rotatable bonds is 4. The predicted molar refractivity (Wildman–Crippen MR) is 129 cm³/mol. The van der Waals surface area contributed by atoms with E-state index in [-0.39, 0.29) is 18.0 Å². The van der Waals surface area contributed by atoms with Crippen molar-refractivity contribution >= 4 is 29.0 Å². The molecule has 2 N–H and O–H groups in total. The number of carbonyl (C=O) groups excluding carboxylic acids is 2. The number of aromatic nitrogens is 1. The quantitative estimate of drug-likeness (QED) is 0.579. The van der Waals surface area contributed by atoms with E-state index in [2.05, 4.69) is 47.7 Å². The number of likely N-dealkylation sites (tertiary alicyclic amines) is 1. The van der Waals surface area contributed by atoms with Crippen LogP contribution in [0.25, 0.3) is 10.6 Å². The van der Waals surface area contributed by atoms with Gasteiger partial charge in [0, 0.05) is 30.4 Å². The summed E-state index contributed by atoms with van der Waals surface area (Å²) in [5.74, 6) is -0.0804.